The Morgan fingerprint density at radius 1 is 1.07 bits per heavy atom. The van der Waals surface area contributed by atoms with E-state index in [1.807, 2.05) is 35.8 Å². The molecule has 222 valence electrons. The van der Waals surface area contributed by atoms with E-state index in [-0.39, 0.29) is 13.1 Å². The van der Waals surface area contributed by atoms with Gasteiger partial charge in [-0.15, -0.1) is 0 Å². The number of thiazole rings is 1. The molecule has 0 amide bonds. The molecule has 3 aromatic rings. The zero-order chi connectivity index (χ0) is 30.1. The third kappa shape index (κ3) is 8.68. The minimum absolute atomic E-state index is 0.132. The van der Waals surface area contributed by atoms with E-state index in [4.69, 9.17) is 23.2 Å². The van der Waals surface area contributed by atoms with E-state index in [1.54, 1.807) is 36.1 Å². The number of hydrogen-bond acceptors (Lipinski definition) is 10. The molecule has 2 aromatic carbocycles. The maximum absolute atomic E-state index is 11.4. The van der Waals surface area contributed by atoms with E-state index in [0.29, 0.717) is 27.2 Å². The van der Waals surface area contributed by atoms with Crippen molar-refractivity contribution >= 4 is 88.5 Å². The first-order chi connectivity index (χ1) is 19.1. The number of allylic oxidation sites excluding steroid dienone is 2. The average molecular weight is 679 g/mol. The van der Waals surface area contributed by atoms with Crippen molar-refractivity contribution in [2.24, 2.45) is 5.92 Å². The van der Waals surface area contributed by atoms with Gasteiger partial charge in [0.25, 0.3) is 5.01 Å². The largest absolute Gasteiger partial charge is 0.748 e. The number of aliphatic hydroxyl groups excluding tert-OH is 1. The average Bonchev–Trinajstić information content (AvgIpc) is 3.33. The molecular weight excluding hydrogens is 651 g/mol. The minimum Gasteiger partial charge on any atom is -0.748 e. The SMILES string of the molecule is CCC(=Cc1sc2ccc(Cl)cc2[n+]1CC(C)CS(=O)(=O)[O-])/C=C1\Sc2ccc(Cl)cc2N1CC(O)CS(=O)(=O)[O-]. The van der Waals surface area contributed by atoms with Gasteiger partial charge in [0.2, 0.25) is 5.52 Å². The molecule has 1 aliphatic rings. The van der Waals surface area contributed by atoms with Crippen LogP contribution >= 0.6 is 46.3 Å². The van der Waals surface area contributed by atoms with E-state index in [0.717, 1.165) is 25.7 Å². The highest BCUT2D eigenvalue weighted by molar-refractivity contribution is 8.03. The van der Waals surface area contributed by atoms with Crippen LogP contribution in [0.4, 0.5) is 5.69 Å². The third-order valence-electron chi connectivity index (χ3n) is 6.18. The number of anilines is 1. The highest BCUT2D eigenvalue weighted by Gasteiger charge is 2.29. The fourth-order valence-corrected chi connectivity index (χ4v) is 8.48. The van der Waals surface area contributed by atoms with E-state index in [2.05, 4.69) is 0 Å². The Labute approximate surface area is 257 Å². The molecular formula is C26H27Cl2N2O7S4-. The smallest absolute Gasteiger partial charge is 0.263 e. The van der Waals surface area contributed by atoms with Crippen LogP contribution in [0.1, 0.15) is 25.3 Å². The molecule has 9 nitrogen and oxygen atoms in total. The summed E-state index contributed by atoms with van der Waals surface area (Å²) in [6.07, 6.45) is 3.07. The fourth-order valence-electron chi connectivity index (χ4n) is 4.51. The van der Waals surface area contributed by atoms with Crippen LogP contribution in [0.15, 0.2) is 58.0 Å². The predicted molar refractivity (Wildman–Crippen MR) is 162 cm³/mol. The molecule has 1 N–H and O–H groups in total. The molecule has 4 rings (SSSR count). The lowest BCUT2D eigenvalue weighted by atomic mass is 10.1. The first kappa shape index (κ1) is 32.2. The molecule has 0 fully saturated rings. The number of fused-ring (bicyclic) bond motifs is 2. The summed E-state index contributed by atoms with van der Waals surface area (Å²) in [5.74, 6) is -1.87. The highest BCUT2D eigenvalue weighted by Crippen LogP contribution is 2.47. The Hall–Kier alpha value is -1.68. The lowest BCUT2D eigenvalue weighted by molar-refractivity contribution is -0.674. The second-order valence-electron chi connectivity index (χ2n) is 9.75. The molecule has 15 heteroatoms. The molecule has 2 atom stereocenters. The normalized spacial score (nSPS) is 16.9. The molecule has 0 saturated heterocycles. The van der Waals surface area contributed by atoms with Gasteiger partial charge in [0.1, 0.15) is 4.70 Å². The molecule has 0 radical (unpaired) electrons. The Balaban J connectivity index is 1.75. The Morgan fingerprint density at radius 2 is 1.73 bits per heavy atom. The molecule has 2 heterocycles. The van der Waals surface area contributed by atoms with Crippen molar-refractivity contribution in [2.75, 3.05) is 23.0 Å². The first-order valence-corrected chi connectivity index (χ1v) is 18.0. The summed E-state index contributed by atoms with van der Waals surface area (Å²) in [6, 6.07) is 10.7. The number of thioether (sulfide) groups is 1. The number of rotatable bonds is 11. The number of hydrogen-bond donors (Lipinski definition) is 1. The van der Waals surface area contributed by atoms with Crippen LogP contribution in [0, 0.1) is 5.92 Å². The van der Waals surface area contributed by atoms with Crippen LogP contribution in [0.25, 0.3) is 16.3 Å². The van der Waals surface area contributed by atoms with Crippen molar-refractivity contribution in [3.05, 3.63) is 68.1 Å². The number of benzene rings is 2. The van der Waals surface area contributed by atoms with Gasteiger partial charge in [-0.3, -0.25) is 0 Å². The molecule has 0 spiro atoms. The quantitative estimate of drug-likeness (QED) is 0.223. The summed E-state index contributed by atoms with van der Waals surface area (Å²) in [5, 5.41) is 12.9. The number of β-amino-alcohol motifs (C(OH)–C–C–N with tert-alkyl or cyclic N) is 1. The molecule has 41 heavy (non-hydrogen) atoms. The van der Waals surface area contributed by atoms with Crippen LogP contribution in [0.2, 0.25) is 10.0 Å². The van der Waals surface area contributed by atoms with Crippen LogP contribution in [-0.2, 0) is 26.8 Å². The van der Waals surface area contributed by atoms with Crippen molar-refractivity contribution in [2.45, 2.75) is 37.8 Å². The Bertz CT molecular complexity index is 1740. The summed E-state index contributed by atoms with van der Waals surface area (Å²) in [5.41, 5.74) is 2.39. The second-order valence-corrected chi connectivity index (χ2v) is 15.6. The van der Waals surface area contributed by atoms with Crippen LogP contribution in [0.3, 0.4) is 0 Å². The van der Waals surface area contributed by atoms with Gasteiger partial charge in [0, 0.05) is 38.8 Å². The molecule has 0 bridgehead atoms. The molecule has 0 aliphatic carbocycles. The predicted octanol–water partition coefficient (Wildman–Crippen LogP) is 4.83. The van der Waals surface area contributed by atoms with Crippen LogP contribution in [0.5, 0.6) is 0 Å². The van der Waals surface area contributed by atoms with Gasteiger partial charge in [-0.1, -0.05) is 60.1 Å². The van der Waals surface area contributed by atoms with Crippen LogP contribution < -0.4 is 9.47 Å². The highest BCUT2D eigenvalue weighted by atomic mass is 35.5. The number of halogens is 2. The number of nitrogens with zero attached hydrogens (tertiary/aromatic N) is 2. The summed E-state index contributed by atoms with van der Waals surface area (Å²) in [4.78, 5) is 2.60. The van der Waals surface area contributed by atoms with E-state index in [9.17, 15) is 31.0 Å². The van der Waals surface area contributed by atoms with Gasteiger partial charge in [-0.2, -0.15) is 4.57 Å². The monoisotopic (exact) mass is 677 g/mol. The van der Waals surface area contributed by atoms with E-state index in [1.165, 1.54) is 23.1 Å². The number of aromatic nitrogens is 1. The van der Waals surface area contributed by atoms with Gasteiger partial charge in [-0.05, 0) is 48.4 Å². The second kappa shape index (κ2) is 12.9. The van der Waals surface area contributed by atoms with Gasteiger partial charge in [-0.25, -0.2) is 16.8 Å². The molecule has 2 unspecified atom stereocenters. The molecule has 0 saturated carbocycles. The van der Waals surface area contributed by atoms with Gasteiger partial charge in [0.15, 0.2) is 6.54 Å². The Morgan fingerprint density at radius 3 is 2.39 bits per heavy atom. The molecule has 1 aliphatic heterocycles. The summed E-state index contributed by atoms with van der Waals surface area (Å²) >= 11 is 15.4. The van der Waals surface area contributed by atoms with E-state index >= 15 is 0 Å². The van der Waals surface area contributed by atoms with Crippen molar-refractivity contribution in [1.29, 1.82) is 0 Å². The Kier molecular flexibility index (Phi) is 10.1. The summed E-state index contributed by atoms with van der Waals surface area (Å²) in [7, 11) is -9.04. The van der Waals surface area contributed by atoms with Crippen molar-refractivity contribution in [3.63, 3.8) is 0 Å². The maximum Gasteiger partial charge on any atom is 0.263 e. The van der Waals surface area contributed by atoms with Crippen molar-refractivity contribution in [1.82, 2.24) is 0 Å². The third-order valence-corrected chi connectivity index (χ3v) is 10.6. The lowest BCUT2D eigenvalue weighted by Gasteiger charge is -2.24. The van der Waals surface area contributed by atoms with Gasteiger partial charge < -0.3 is 19.1 Å². The van der Waals surface area contributed by atoms with Gasteiger partial charge >= 0.3 is 0 Å². The van der Waals surface area contributed by atoms with Crippen molar-refractivity contribution in [3.8, 4) is 0 Å². The van der Waals surface area contributed by atoms with Gasteiger partial charge in [0.05, 0.1) is 49.4 Å². The summed E-state index contributed by atoms with van der Waals surface area (Å²) < 4.78 is 70.9. The molecule has 1 aromatic heterocycles. The number of aliphatic hydroxyl groups is 1. The zero-order valence-corrected chi connectivity index (χ0v) is 26.8. The lowest BCUT2D eigenvalue weighted by Crippen LogP contribution is -2.40. The zero-order valence-electron chi connectivity index (χ0n) is 22.0. The fraction of sp³-hybridized carbons (Fsp3) is 0.346. The summed E-state index contributed by atoms with van der Waals surface area (Å²) in [6.45, 7) is 3.82. The topological polar surface area (TPSA) is 142 Å². The minimum atomic E-state index is -4.64. The van der Waals surface area contributed by atoms with Crippen LogP contribution in [-0.4, -0.2) is 55.2 Å². The maximum atomic E-state index is 11.4. The van der Waals surface area contributed by atoms with E-state index < -0.39 is 43.8 Å². The van der Waals surface area contributed by atoms with Crippen molar-refractivity contribution < 1.29 is 35.6 Å². The first-order valence-electron chi connectivity index (χ1n) is 12.5. The standard InChI is InChI=1S/C26H28Cl2N2O7S4/c1-3-17(8-25-29(12-16(2)14-40(32,33)34)21-10-18(27)4-6-23(21)38-25)9-26-30(13-20(31)15-41(35,36)37)22-11-19(28)5-7-24(22)39-26/h4-11,16,20,31H,3,12-15H2,1-2H3,(H-,32,33,34,35,36,37)/p-1.